The molecule has 1 unspecified atom stereocenters. The Kier molecular flexibility index (Phi) is 9.29. The third-order valence-corrected chi connectivity index (χ3v) is 9.21. The third kappa shape index (κ3) is 8.24. The van der Waals surface area contributed by atoms with Crippen LogP contribution in [0.2, 0.25) is 0 Å². The van der Waals surface area contributed by atoms with Crippen LogP contribution in [0.3, 0.4) is 0 Å². The van der Waals surface area contributed by atoms with Gasteiger partial charge in [-0.2, -0.15) is 13.2 Å². The Bertz CT molecular complexity index is 1550. The highest BCUT2D eigenvalue weighted by atomic mass is 32.2. The van der Waals surface area contributed by atoms with Gasteiger partial charge >= 0.3 is 6.18 Å². The molecule has 0 radical (unpaired) electrons. The number of aromatic nitrogens is 1. The quantitative estimate of drug-likeness (QED) is 0.285. The SMILES string of the molecule is COCCS(=O)(=O)C(C(=O)NCC(=O)NC1CC1)c1nc2cc(-c3cccc(C(=O)NCC(F)(F)F)c3)ccc2s1. The molecular weight excluding hydrogens is 585 g/mol. The smallest absolute Gasteiger partial charge is 0.384 e. The van der Waals surface area contributed by atoms with Crippen LogP contribution in [-0.2, 0) is 24.2 Å². The van der Waals surface area contributed by atoms with Crippen molar-refractivity contribution >= 4 is 49.1 Å². The molecule has 2 aromatic carbocycles. The third-order valence-electron chi connectivity index (χ3n) is 6.07. The van der Waals surface area contributed by atoms with Crippen LogP contribution in [0.1, 0.15) is 33.5 Å². The van der Waals surface area contributed by atoms with Crippen molar-refractivity contribution in [1.29, 1.82) is 0 Å². The lowest BCUT2D eigenvalue weighted by Crippen LogP contribution is -2.41. The van der Waals surface area contributed by atoms with E-state index in [9.17, 15) is 36.0 Å². The predicted octanol–water partition coefficient (Wildman–Crippen LogP) is 2.75. The summed E-state index contributed by atoms with van der Waals surface area (Å²) in [7, 11) is -2.75. The van der Waals surface area contributed by atoms with Crippen LogP contribution in [-0.4, -0.2) is 75.9 Å². The second-order valence-corrected chi connectivity index (χ2v) is 12.7. The maximum absolute atomic E-state index is 13.2. The van der Waals surface area contributed by atoms with E-state index in [1.807, 2.05) is 5.32 Å². The summed E-state index contributed by atoms with van der Waals surface area (Å²) in [4.78, 5) is 41.8. The number of methoxy groups -OCH3 is 1. The van der Waals surface area contributed by atoms with Crippen molar-refractivity contribution < 1.29 is 40.7 Å². The van der Waals surface area contributed by atoms with E-state index >= 15 is 0 Å². The number of hydrogen-bond acceptors (Lipinski definition) is 8. The number of alkyl halides is 3. The highest BCUT2D eigenvalue weighted by Crippen LogP contribution is 2.34. The average molecular weight is 613 g/mol. The molecule has 1 aliphatic carbocycles. The topological polar surface area (TPSA) is 144 Å². The van der Waals surface area contributed by atoms with E-state index in [4.69, 9.17) is 4.74 Å². The second-order valence-electron chi connectivity index (χ2n) is 9.41. The molecule has 1 saturated carbocycles. The number of benzene rings is 2. The molecule has 1 heterocycles. The predicted molar refractivity (Wildman–Crippen MR) is 146 cm³/mol. The summed E-state index contributed by atoms with van der Waals surface area (Å²) < 4.78 is 69.3. The van der Waals surface area contributed by atoms with Crippen molar-refractivity contribution in [2.75, 3.05) is 32.6 Å². The lowest BCUT2D eigenvalue weighted by atomic mass is 10.0. The van der Waals surface area contributed by atoms with Crippen LogP contribution in [0.15, 0.2) is 42.5 Å². The van der Waals surface area contributed by atoms with Gasteiger partial charge in [0.1, 0.15) is 11.6 Å². The molecule has 4 rings (SSSR count). The maximum atomic E-state index is 13.2. The van der Waals surface area contributed by atoms with Crippen molar-refractivity contribution in [2.24, 2.45) is 0 Å². The van der Waals surface area contributed by atoms with Crippen molar-refractivity contribution in [1.82, 2.24) is 20.9 Å². The number of thiazole rings is 1. The first-order valence-electron chi connectivity index (χ1n) is 12.5. The van der Waals surface area contributed by atoms with E-state index in [0.717, 1.165) is 24.2 Å². The van der Waals surface area contributed by atoms with Gasteiger partial charge in [-0.25, -0.2) is 13.4 Å². The number of nitrogens with one attached hydrogen (secondary N) is 3. The average Bonchev–Trinajstić information content (AvgIpc) is 3.64. The zero-order valence-electron chi connectivity index (χ0n) is 21.8. The van der Waals surface area contributed by atoms with Gasteiger partial charge in [-0.3, -0.25) is 14.4 Å². The molecule has 10 nitrogen and oxygen atoms in total. The molecule has 3 aromatic rings. The number of fused-ring (bicyclic) bond motifs is 1. The van der Waals surface area contributed by atoms with Crippen molar-refractivity contribution in [2.45, 2.75) is 30.3 Å². The molecular formula is C26H27F3N4O6S2. The minimum absolute atomic E-state index is 0.00799. The fourth-order valence-electron chi connectivity index (χ4n) is 3.87. The Morgan fingerprint density at radius 2 is 1.83 bits per heavy atom. The Morgan fingerprint density at radius 1 is 1.10 bits per heavy atom. The highest BCUT2D eigenvalue weighted by molar-refractivity contribution is 7.92. The van der Waals surface area contributed by atoms with E-state index in [0.29, 0.717) is 21.3 Å². The first-order valence-corrected chi connectivity index (χ1v) is 15.0. The van der Waals surface area contributed by atoms with Gasteiger partial charge in [0.05, 0.1) is 29.1 Å². The Labute approximate surface area is 237 Å². The molecule has 1 atom stereocenters. The first-order chi connectivity index (χ1) is 19.4. The first kappa shape index (κ1) is 30.4. The van der Waals surface area contributed by atoms with Crippen LogP contribution in [0.4, 0.5) is 13.2 Å². The van der Waals surface area contributed by atoms with Gasteiger partial charge in [0.25, 0.3) is 5.91 Å². The molecule has 220 valence electrons. The monoisotopic (exact) mass is 612 g/mol. The molecule has 0 spiro atoms. The van der Waals surface area contributed by atoms with Gasteiger partial charge in [-0.05, 0) is 48.2 Å². The minimum atomic E-state index is -4.55. The number of hydrogen-bond donors (Lipinski definition) is 3. The standard InChI is InChI=1S/C26H27F3N4O6S2/c1-39-9-10-41(37,38)22(24(36)30-13-21(34)32-18-6-7-18)25-33-19-12-16(5-8-20(19)40-25)15-3-2-4-17(11-15)23(35)31-14-26(27,28)29/h2-5,8,11-12,18,22H,6-7,9-10,13-14H2,1H3,(H,30,36)(H,31,35)(H,32,34). The van der Waals surface area contributed by atoms with E-state index in [1.165, 1.54) is 25.3 Å². The number of ether oxygens (including phenoxy) is 1. The molecule has 1 aliphatic rings. The van der Waals surface area contributed by atoms with E-state index in [1.54, 1.807) is 24.3 Å². The summed E-state index contributed by atoms with van der Waals surface area (Å²) in [6, 6.07) is 11.1. The minimum Gasteiger partial charge on any atom is -0.384 e. The van der Waals surface area contributed by atoms with Gasteiger partial charge in [-0.1, -0.05) is 18.2 Å². The number of halogens is 3. The lowest BCUT2D eigenvalue weighted by Gasteiger charge is -2.15. The lowest BCUT2D eigenvalue weighted by molar-refractivity contribution is -0.126. The summed E-state index contributed by atoms with van der Waals surface area (Å²) >= 11 is 1.01. The Hall–Kier alpha value is -3.56. The van der Waals surface area contributed by atoms with Crippen LogP contribution >= 0.6 is 11.3 Å². The fraction of sp³-hybridized carbons (Fsp3) is 0.385. The summed E-state index contributed by atoms with van der Waals surface area (Å²) in [6.07, 6.45) is -2.83. The summed E-state index contributed by atoms with van der Waals surface area (Å²) in [5.74, 6) is -2.64. The number of sulfone groups is 1. The highest BCUT2D eigenvalue weighted by Gasteiger charge is 2.37. The Morgan fingerprint density at radius 3 is 2.51 bits per heavy atom. The van der Waals surface area contributed by atoms with Gasteiger partial charge in [-0.15, -0.1) is 11.3 Å². The van der Waals surface area contributed by atoms with Crippen LogP contribution in [0, 0.1) is 0 Å². The number of rotatable bonds is 12. The number of nitrogens with zero attached hydrogens (tertiary/aromatic N) is 1. The molecule has 3 amide bonds. The maximum Gasteiger partial charge on any atom is 0.405 e. The molecule has 15 heteroatoms. The van der Waals surface area contributed by atoms with E-state index < -0.39 is 51.3 Å². The van der Waals surface area contributed by atoms with Gasteiger partial charge in [0.15, 0.2) is 15.1 Å². The second kappa shape index (κ2) is 12.5. The van der Waals surface area contributed by atoms with Crippen LogP contribution in [0.5, 0.6) is 0 Å². The van der Waals surface area contributed by atoms with E-state index in [2.05, 4.69) is 15.6 Å². The van der Waals surface area contributed by atoms with Gasteiger partial charge in [0.2, 0.25) is 11.8 Å². The zero-order valence-corrected chi connectivity index (χ0v) is 23.4. The molecule has 3 N–H and O–H groups in total. The number of amides is 3. The molecule has 41 heavy (non-hydrogen) atoms. The summed E-state index contributed by atoms with van der Waals surface area (Å²) in [6.45, 7) is -1.99. The molecule has 1 aromatic heterocycles. The molecule has 0 bridgehead atoms. The Balaban J connectivity index is 1.59. The van der Waals surface area contributed by atoms with Crippen molar-refractivity contribution in [3.8, 4) is 11.1 Å². The fourth-order valence-corrected chi connectivity index (χ4v) is 6.79. The van der Waals surface area contributed by atoms with Crippen molar-refractivity contribution in [3.05, 3.63) is 53.0 Å². The number of carbonyl (C=O) groups is 3. The molecule has 1 fully saturated rings. The zero-order chi connectivity index (χ0) is 29.8. The van der Waals surface area contributed by atoms with Crippen LogP contribution < -0.4 is 16.0 Å². The summed E-state index contributed by atoms with van der Waals surface area (Å²) in [5, 5.41) is 5.28. The van der Waals surface area contributed by atoms with Gasteiger partial charge in [0, 0.05) is 18.7 Å². The van der Waals surface area contributed by atoms with Crippen LogP contribution in [0.25, 0.3) is 21.3 Å². The van der Waals surface area contributed by atoms with Gasteiger partial charge < -0.3 is 20.7 Å². The molecule has 0 saturated heterocycles. The van der Waals surface area contributed by atoms with Crippen molar-refractivity contribution in [3.63, 3.8) is 0 Å². The normalized spacial score (nSPS) is 14.4. The molecule has 0 aliphatic heterocycles. The van der Waals surface area contributed by atoms with E-state index in [-0.39, 0.29) is 29.8 Å². The number of carbonyl (C=O) groups excluding carboxylic acids is 3. The largest absolute Gasteiger partial charge is 0.405 e. The summed E-state index contributed by atoms with van der Waals surface area (Å²) in [5.41, 5.74) is 1.49.